The quantitative estimate of drug-likeness (QED) is 0.355. The van der Waals surface area contributed by atoms with Gasteiger partial charge < -0.3 is 25.4 Å². The Morgan fingerprint density at radius 1 is 1.14 bits per heavy atom. The molecule has 0 bridgehead atoms. The van der Waals surface area contributed by atoms with Gasteiger partial charge in [-0.15, -0.1) is 0 Å². The van der Waals surface area contributed by atoms with Crippen molar-refractivity contribution in [3.63, 3.8) is 0 Å². The molecule has 0 aromatic rings. The van der Waals surface area contributed by atoms with Gasteiger partial charge in [0.25, 0.3) is 7.82 Å². The van der Waals surface area contributed by atoms with E-state index in [1.807, 2.05) is 0 Å². The predicted molar refractivity (Wildman–Crippen MR) is 46.9 cm³/mol. The molecule has 1 heterocycles. The van der Waals surface area contributed by atoms with E-state index in [0.717, 1.165) is 12.8 Å². The minimum atomic E-state index is -3.88. The van der Waals surface area contributed by atoms with Crippen LogP contribution >= 0.6 is 7.82 Å². The summed E-state index contributed by atoms with van der Waals surface area (Å²) in [6, 6.07) is 0. The van der Waals surface area contributed by atoms with E-state index in [9.17, 15) is 9.46 Å². The Labute approximate surface area is 106 Å². The molecular weight excluding hydrogens is 218 g/mol. The fraction of sp³-hybridized carbons (Fsp3) is 1.00. The summed E-state index contributed by atoms with van der Waals surface area (Å²) in [6.07, 6.45) is 1.51. The Morgan fingerprint density at radius 2 is 1.50 bits per heavy atom. The van der Waals surface area contributed by atoms with Gasteiger partial charge in [0.2, 0.25) is 0 Å². The zero-order valence-corrected chi connectivity index (χ0v) is 11.4. The van der Waals surface area contributed by atoms with Gasteiger partial charge in [-0.05, 0) is 12.8 Å². The molecule has 1 aliphatic heterocycles. The number of hydrogen-bond acceptors (Lipinski definition) is 6. The topological polar surface area (TPSA) is 111 Å². The maximum Gasteiger partial charge on any atom is 1.00 e. The Kier molecular flexibility index (Phi) is 13.1. The maximum absolute atomic E-state index is 10.5. The maximum atomic E-state index is 10.5. The van der Waals surface area contributed by atoms with Gasteiger partial charge in [-0.2, -0.15) is 0 Å². The van der Waals surface area contributed by atoms with Crippen molar-refractivity contribution in [2.75, 3.05) is 26.3 Å². The second kappa shape index (κ2) is 10.5. The minimum Gasteiger partial charge on any atom is -0.756 e. The van der Waals surface area contributed by atoms with E-state index in [1.54, 1.807) is 0 Å². The fourth-order valence-corrected chi connectivity index (χ4v) is 1.37. The van der Waals surface area contributed by atoms with E-state index in [4.69, 9.17) is 11.5 Å². The van der Waals surface area contributed by atoms with E-state index in [0.29, 0.717) is 13.1 Å². The van der Waals surface area contributed by atoms with Crippen molar-refractivity contribution in [2.24, 2.45) is 11.5 Å². The standard InChI is InChI=1S/C4H9O4P.C2H8N2.Na/c5-9(6)7-3-1-2-4-8-9;3-1-2-4;/h1-4H2,(H,5,6);1-4H2;/q;;+1/p-1. The van der Waals surface area contributed by atoms with Crippen molar-refractivity contribution in [3.05, 3.63) is 0 Å². The van der Waals surface area contributed by atoms with Crippen molar-refractivity contribution in [2.45, 2.75) is 12.8 Å². The first-order chi connectivity index (χ1) is 6.12. The van der Waals surface area contributed by atoms with E-state index in [1.165, 1.54) is 0 Å². The molecule has 0 saturated carbocycles. The molecular formula is C6H16N2NaO4P. The first kappa shape index (κ1) is 17.4. The van der Waals surface area contributed by atoms with Crippen molar-refractivity contribution < 1.29 is 48.1 Å². The third-order valence-corrected chi connectivity index (χ3v) is 2.20. The molecule has 0 aromatic carbocycles. The molecule has 6 nitrogen and oxygen atoms in total. The fourth-order valence-electron chi connectivity index (χ4n) is 0.594. The SMILES string of the molecule is NCCN.O=P1([O-])OCCCCO1.[Na+]. The third-order valence-electron chi connectivity index (χ3n) is 1.20. The van der Waals surface area contributed by atoms with Crippen LogP contribution in [0.1, 0.15) is 12.8 Å². The minimum absolute atomic E-state index is 0. The predicted octanol–water partition coefficient (Wildman–Crippen LogP) is -3.81. The van der Waals surface area contributed by atoms with E-state index >= 15 is 0 Å². The molecule has 1 rings (SSSR count). The summed E-state index contributed by atoms with van der Waals surface area (Å²) in [5.41, 5.74) is 9.81. The van der Waals surface area contributed by atoms with Gasteiger partial charge in [-0.3, -0.25) is 4.57 Å². The summed E-state index contributed by atoms with van der Waals surface area (Å²) in [5.74, 6) is 0. The third kappa shape index (κ3) is 11.1. The van der Waals surface area contributed by atoms with Crippen LogP contribution in [0.4, 0.5) is 0 Å². The average molecular weight is 234 g/mol. The molecule has 0 spiro atoms. The van der Waals surface area contributed by atoms with Crippen molar-refractivity contribution in [3.8, 4) is 0 Å². The van der Waals surface area contributed by atoms with E-state index < -0.39 is 7.82 Å². The van der Waals surface area contributed by atoms with Gasteiger partial charge in [-0.1, -0.05) is 0 Å². The molecule has 8 heteroatoms. The number of nitrogens with two attached hydrogens (primary N) is 2. The summed E-state index contributed by atoms with van der Waals surface area (Å²) in [7, 11) is -3.88. The molecule has 0 atom stereocenters. The van der Waals surface area contributed by atoms with Crippen LogP contribution in [-0.2, 0) is 13.6 Å². The van der Waals surface area contributed by atoms with Crippen LogP contribution in [0.2, 0.25) is 0 Å². The molecule has 1 aliphatic rings. The Morgan fingerprint density at radius 3 is 1.79 bits per heavy atom. The summed E-state index contributed by atoms with van der Waals surface area (Å²) in [6.45, 7) is 1.72. The molecule has 0 amide bonds. The first-order valence-corrected chi connectivity index (χ1v) is 5.58. The number of phosphoric acid groups is 1. The first-order valence-electron chi connectivity index (χ1n) is 4.12. The molecule has 14 heavy (non-hydrogen) atoms. The second-order valence-corrected chi connectivity index (χ2v) is 3.81. The van der Waals surface area contributed by atoms with Gasteiger partial charge in [0.1, 0.15) is 0 Å². The number of phosphoric ester groups is 1. The van der Waals surface area contributed by atoms with Crippen LogP contribution in [0, 0.1) is 0 Å². The molecule has 4 N–H and O–H groups in total. The monoisotopic (exact) mass is 234 g/mol. The summed E-state index contributed by atoms with van der Waals surface area (Å²) in [4.78, 5) is 10.5. The molecule has 1 saturated heterocycles. The van der Waals surface area contributed by atoms with Crippen LogP contribution in [0.25, 0.3) is 0 Å². The van der Waals surface area contributed by atoms with Gasteiger partial charge in [-0.25, -0.2) is 0 Å². The molecule has 80 valence electrons. The zero-order valence-electron chi connectivity index (χ0n) is 8.48. The smallest absolute Gasteiger partial charge is 0.756 e. The molecule has 0 radical (unpaired) electrons. The summed E-state index contributed by atoms with van der Waals surface area (Å²) in [5, 5.41) is 0. The normalized spacial score (nSPS) is 19.6. The Bertz CT molecular complexity index is 158. The zero-order chi connectivity index (χ0) is 10.2. The Hall–Kier alpha value is 1.03. The van der Waals surface area contributed by atoms with Crippen LogP contribution in [0.5, 0.6) is 0 Å². The van der Waals surface area contributed by atoms with Crippen LogP contribution in [-0.4, -0.2) is 26.3 Å². The van der Waals surface area contributed by atoms with Gasteiger partial charge >= 0.3 is 29.6 Å². The van der Waals surface area contributed by atoms with Crippen molar-refractivity contribution >= 4 is 7.82 Å². The van der Waals surface area contributed by atoms with Crippen LogP contribution in [0.3, 0.4) is 0 Å². The number of rotatable bonds is 1. The largest absolute Gasteiger partial charge is 1.00 e. The average Bonchev–Trinajstić information content (AvgIpc) is 2.29. The van der Waals surface area contributed by atoms with Crippen molar-refractivity contribution in [1.82, 2.24) is 0 Å². The molecule has 0 aromatic heterocycles. The second-order valence-electron chi connectivity index (χ2n) is 2.40. The van der Waals surface area contributed by atoms with Crippen LogP contribution < -0.4 is 45.9 Å². The number of hydrogen-bond donors (Lipinski definition) is 2. The Balaban J connectivity index is 0. The van der Waals surface area contributed by atoms with E-state index in [2.05, 4.69) is 9.05 Å². The van der Waals surface area contributed by atoms with E-state index in [-0.39, 0.29) is 42.8 Å². The van der Waals surface area contributed by atoms with Gasteiger partial charge in [0.05, 0.1) is 13.2 Å². The van der Waals surface area contributed by atoms with Crippen molar-refractivity contribution in [1.29, 1.82) is 0 Å². The molecule has 0 unspecified atom stereocenters. The van der Waals surface area contributed by atoms with Gasteiger partial charge in [0, 0.05) is 13.1 Å². The summed E-state index contributed by atoms with van der Waals surface area (Å²) < 4.78 is 19.2. The molecule has 0 aliphatic carbocycles. The van der Waals surface area contributed by atoms with Crippen LogP contribution in [0.15, 0.2) is 0 Å². The van der Waals surface area contributed by atoms with Gasteiger partial charge in [0.15, 0.2) is 0 Å². The molecule has 1 fully saturated rings. The summed E-state index contributed by atoms with van der Waals surface area (Å²) >= 11 is 0.